The molecule has 0 aromatic heterocycles. The predicted octanol–water partition coefficient (Wildman–Crippen LogP) is 3.85. The molecule has 1 heterocycles. The molecule has 1 saturated heterocycles. The second kappa shape index (κ2) is 11.7. The molecule has 188 valence electrons. The van der Waals surface area contributed by atoms with Gasteiger partial charge in [0.2, 0.25) is 6.41 Å². The quantitative estimate of drug-likeness (QED) is 0.147. The lowest BCUT2D eigenvalue weighted by atomic mass is 10.0. The molecule has 2 N–H and O–H groups in total. The van der Waals surface area contributed by atoms with Gasteiger partial charge in [0, 0.05) is 6.54 Å². The number of nitrogens with zero attached hydrogens (tertiary/aromatic N) is 2. The fraction of sp³-hybridized carbons (Fsp3) is 0.423. The van der Waals surface area contributed by atoms with Crippen molar-refractivity contribution < 1.29 is 29.1 Å². The van der Waals surface area contributed by atoms with E-state index in [9.17, 15) is 19.6 Å². The molecule has 1 atom stereocenters. The zero-order valence-electron chi connectivity index (χ0n) is 20.4. The normalized spacial score (nSPS) is 15.5. The average molecular weight is 484 g/mol. The van der Waals surface area contributed by atoms with Crippen LogP contribution in [0, 0.1) is 0 Å². The number of imide groups is 1. The van der Waals surface area contributed by atoms with Crippen LogP contribution in [0.25, 0.3) is 11.1 Å². The molecule has 2 aromatic carbocycles. The molecule has 4 amide bonds. The number of benzene rings is 2. The Morgan fingerprint density at radius 2 is 1.57 bits per heavy atom. The maximum Gasteiger partial charge on any atom is 0.325 e. The molecule has 0 spiro atoms. The van der Waals surface area contributed by atoms with E-state index in [1.165, 1.54) is 4.90 Å². The minimum atomic E-state index is -1.10. The van der Waals surface area contributed by atoms with Gasteiger partial charge < -0.3 is 14.4 Å². The lowest BCUT2D eigenvalue weighted by Crippen LogP contribution is -2.52. The van der Waals surface area contributed by atoms with Gasteiger partial charge in [-0.2, -0.15) is 0 Å². The third kappa shape index (κ3) is 6.51. The topological polar surface area (TPSA) is 108 Å². The van der Waals surface area contributed by atoms with Crippen molar-refractivity contribution in [1.29, 1.82) is 0 Å². The molecule has 0 aliphatic carbocycles. The van der Waals surface area contributed by atoms with Gasteiger partial charge in [-0.05, 0) is 55.7 Å². The summed E-state index contributed by atoms with van der Waals surface area (Å²) >= 11 is 0. The minimum absolute atomic E-state index is 0.0767. The van der Waals surface area contributed by atoms with Crippen molar-refractivity contribution in [2.45, 2.75) is 51.6 Å². The Morgan fingerprint density at radius 3 is 2.06 bits per heavy atom. The Hall–Kier alpha value is -3.59. The second-order valence-corrected chi connectivity index (χ2v) is 8.98. The second-order valence-electron chi connectivity index (χ2n) is 8.98. The van der Waals surface area contributed by atoms with Crippen LogP contribution in [-0.2, 0) is 9.59 Å². The Labute approximate surface area is 205 Å². The summed E-state index contributed by atoms with van der Waals surface area (Å²) in [5.74, 6) is 0.940. The van der Waals surface area contributed by atoms with Crippen molar-refractivity contribution in [3.8, 4) is 22.6 Å². The van der Waals surface area contributed by atoms with Crippen LogP contribution < -0.4 is 14.8 Å². The van der Waals surface area contributed by atoms with Crippen LogP contribution in [0.5, 0.6) is 11.5 Å². The van der Waals surface area contributed by atoms with Crippen LogP contribution in [-0.4, -0.2) is 64.9 Å². The molecular formula is C26H33N3O6. The Balaban J connectivity index is 1.59. The lowest BCUT2D eigenvalue weighted by Gasteiger charge is -2.33. The predicted molar refractivity (Wildman–Crippen MR) is 130 cm³/mol. The van der Waals surface area contributed by atoms with E-state index < -0.39 is 23.5 Å². The monoisotopic (exact) mass is 483 g/mol. The number of carbonyl (C=O) groups excluding carboxylic acids is 3. The smallest absolute Gasteiger partial charge is 0.325 e. The van der Waals surface area contributed by atoms with Crippen molar-refractivity contribution in [3.05, 3.63) is 48.5 Å². The Bertz CT molecular complexity index is 1010. The molecule has 1 fully saturated rings. The number of nitrogens with one attached hydrogen (secondary N) is 1. The van der Waals surface area contributed by atoms with Crippen LogP contribution in [0.3, 0.4) is 0 Å². The first-order valence-corrected chi connectivity index (χ1v) is 11.8. The van der Waals surface area contributed by atoms with Crippen molar-refractivity contribution in [2.24, 2.45) is 0 Å². The van der Waals surface area contributed by atoms with Crippen molar-refractivity contribution in [2.75, 3.05) is 19.8 Å². The van der Waals surface area contributed by atoms with E-state index >= 15 is 0 Å². The molecule has 1 aliphatic rings. The summed E-state index contributed by atoms with van der Waals surface area (Å²) in [5, 5.41) is 12.7. The largest absolute Gasteiger partial charge is 0.494 e. The first-order chi connectivity index (χ1) is 16.8. The fourth-order valence-electron chi connectivity index (χ4n) is 3.74. The summed E-state index contributed by atoms with van der Waals surface area (Å²) in [7, 11) is 0. The van der Waals surface area contributed by atoms with E-state index in [4.69, 9.17) is 9.47 Å². The lowest BCUT2D eigenvalue weighted by molar-refractivity contribution is -0.165. The van der Waals surface area contributed by atoms with Crippen LogP contribution in [0.4, 0.5) is 4.79 Å². The van der Waals surface area contributed by atoms with Crippen LogP contribution >= 0.6 is 0 Å². The number of ether oxygens (including phenoxy) is 2. The van der Waals surface area contributed by atoms with E-state index in [2.05, 4.69) is 12.2 Å². The third-order valence-corrected chi connectivity index (χ3v) is 6.07. The summed E-state index contributed by atoms with van der Waals surface area (Å²) in [6, 6.07) is 13.9. The first-order valence-electron chi connectivity index (χ1n) is 11.8. The van der Waals surface area contributed by atoms with Gasteiger partial charge in [-0.1, -0.05) is 44.0 Å². The average Bonchev–Trinajstić information content (AvgIpc) is 3.05. The maximum absolute atomic E-state index is 12.1. The van der Waals surface area contributed by atoms with E-state index in [0.29, 0.717) is 17.4 Å². The van der Waals surface area contributed by atoms with Crippen LogP contribution in [0.1, 0.15) is 40.0 Å². The minimum Gasteiger partial charge on any atom is -0.494 e. The molecule has 9 heteroatoms. The molecule has 35 heavy (non-hydrogen) atoms. The first kappa shape index (κ1) is 26.0. The van der Waals surface area contributed by atoms with Crippen LogP contribution in [0.2, 0.25) is 0 Å². The summed E-state index contributed by atoms with van der Waals surface area (Å²) in [6.45, 7) is 5.91. The highest BCUT2D eigenvalue weighted by atomic mass is 16.5. The van der Waals surface area contributed by atoms with E-state index in [1.54, 1.807) is 26.0 Å². The summed E-state index contributed by atoms with van der Waals surface area (Å²) < 4.78 is 11.5. The van der Waals surface area contributed by atoms with Crippen molar-refractivity contribution in [3.63, 3.8) is 0 Å². The fourth-order valence-corrected chi connectivity index (χ4v) is 3.74. The molecule has 2 aromatic rings. The number of hydroxylamine groups is 2. The molecular weight excluding hydrogens is 450 g/mol. The molecule has 3 rings (SSSR count). The summed E-state index contributed by atoms with van der Waals surface area (Å²) in [6.07, 6.45) is 3.61. The Morgan fingerprint density at radius 1 is 1.00 bits per heavy atom. The van der Waals surface area contributed by atoms with Gasteiger partial charge in [0.05, 0.1) is 6.61 Å². The van der Waals surface area contributed by atoms with Crippen molar-refractivity contribution >= 4 is 18.3 Å². The van der Waals surface area contributed by atoms with E-state index in [1.807, 2.05) is 36.4 Å². The highest BCUT2D eigenvalue weighted by Crippen LogP contribution is 2.26. The zero-order chi connectivity index (χ0) is 25.4. The molecule has 0 radical (unpaired) electrons. The molecule has 1 aliphatic heterocycles. The third-order valence-electron chi connectivity index (χ3n) is 6.07. The molecule has 0 bridgehead atoms. The van der Waals surface area contributed by atoms with Gasteiger partial charge in [0.25, 0.3) is 5.91 Å². The van der Waals surface area contributed by atoms with Crippen molar-refractivity contribution in [1.82, 2.24) is 15.3 Å². The van der Waals surface area contributed by atoms with Gasteiger partial charge in [0.1, 0.15) is 29.7 Å². The Kier molecular flexibility index (Phi) is 8.70. The zero-order valence-corrected chi connectivity index (χ0v) is 20.4. The number of unbranched alkanes of at least 4 members (excludes halogenated alkanes) is 2. The number of urea groups is 1. The van der Waals surface area contributed by atoms with E-state index in [0.717, 1.165) is 36.1 Å². The molecule has 0 saturated carbocycles. The molecule has 0 unspecified atom stereocenters. The van der Waals surface area contributed by atoms with Crippen LogP contribution in [0.15, 0.2) is 48.5 Å². The summed E-state index contributed by atoms with van der Waals surface area (Å²) in [4.78, 5) is 36.6. The standard InChI is InChI=1S/C26H33N3O6/c1-4-5-6-15-34-22-11-7-19(8-12-22)20-9-13-23(14-10-20)35-17-21(29(33)18-30)16-28-25(32)27-24(31)26(28,2)3/h7-14,18,21,33H,4-6,15-17H2,1-3H3,(H,27,31,32)/t21-/m1/s1. The number of rotatable bonds is 13. The van der Waals surface area contributed by atoms with Gasteiger partial charge in [-0.3, -0.25) is 20.1 Å². The molecule has 9 nitrogen and oxygen atoms in total. The number of amides is 4. The maximum atomic E-state index is 12.1. The highest BCUT2D eigenvalue weighted by Gasteiger charge is 2.46. The SMILES string of the molecule is CCCCCOc1ccc(-c2ccc(OC[C@@H](CN3C(=O)NC(=O)C3(C)C)N(O)C=O)cc2)cc1. The van der Waals surface area contributed by atoms with E-state index in [-0.39, 0.29) is 19.6 Å². The number of hydrogen-bond acceptors (Lipinski definition) is 6. The van der Waals surface area contributed by atoms with Gasteiger partial charge >= 0.3 is 6.03 Å². The van der Waals surface area contributed by atoms with Gasteiger partial charge in [-0.25, -0.2) is 9.86 Å². The van der Waals surface area contributed by atoms with Gasteiger partial charge in [0.15, 0.2) is 0 Å². The van der Waals surface area contributed by atoms with Gasteiger partial charge in [-0.15, -0.1) is 0 Å². The number of hydrogen-bond donors (Lipinski definition) is 2. The number of carbonyl (C=O) groups is 3. The summed E-state index contributed by atoms with van der Waals surface area (Å²) in [5.41, 5.74) is 0.929. The highest BCUT2D eigenvalue weighted by molar-refractivity contribution is 6.06.